The van der Waals surface area contributed by atoms with Crippen LogP contribution >= 0.6 is 0 Å². The number of H-pyrrole nitrogens is 1. The fraction of sp³-hybridized carbons (Fsp3) is 0.217. The Bertz CT molecular complexity index is 1140. The zero-order valence-electron chi connectivity index (χ0n) is 17.3. The summed E-state index contributed by atoms with van der Waals surface area (Å²) in [5.41, 5.74) is 3.04. The summed E-state index contributed by atoms with van der Waals surface area (Å²) >= 11 is 0. The lowest BCUT2D eigenvalue weighted by Gasteiger charge is -2.12. The first-order valence-corrected chi connectivity index (χ1v) is 9.80. The van der Waals surface area contributed by atoms with Crippen molar-refractivity contribution < 1.29 is 9.47 Å². The van der Waals surface area contributed by atoms with E-state index in [1.165, 1.54) is 0 Å². The number of hydrogen-bond donors (Lipinski definition) is 2. The first kappa shape index (κ1) is 19.7. The number of rotatable bonds is 8. The van der Waals surface area contributed by atoms with Crippen molar-refractivity contribution in [2.45, 2.75) is 6.92 Å². The number of aromatic amines is 1. The summed E-state index contributed by atoms with van der Waals surface area (Å²) in [7, 11) is 4.04. The number of ether oxygens (including phenoxy) is 2. The van der Waals surface area contributed by atoms with Gasteiger partial charge < -0.3 is 24.7 Å². The van der Waals surface area contributed by atoms with Gasteiger partial charge in [-0.25, -0.2) is 4.98 Å². The van der Waals surface area contributed by atoms with Gasteiger partial charge in [0.1, 0.15) is 18.1 Å². The molecule has 0 saturated carbocycles. The average molecular weight is 403 g/mol. The molecule has 4 rings (SSSR count). The second-order valence-electron chi connectivity index (χ2n) is 7.33. The van der Waals surface area contributed by atoms with Crippen LogP contribution in [0.4, 0.5) is 11.6 Å². The van der Waals surface area contributed by atoms with E-state index < -0.39 is 0 Å². The minimum Gasteiger partial charge on any atom is -0.492 e. The topological polar surface area (TPSA) is 75.3 Å². The number of hydrogen-bond acceptors (Lipinski definition) is 6. The molecular weight excluding hydrogens is 378 g/mol. The van der Waals surface area contributed by atoms with E-state index in [4.69, 9.17) is 9.47 Å². The third-order valence-corrected chi connectivity index (χ3v) is 4.48. The quantitative estimate of drug-likeness (QED) is 0.442. The molecule has 2 N–H and O–H groups in total. The molecule has 7 nitrogen and oxygen atoms in total. The van der Waals surface area contributed by atoms with Gasteiger partial charge in [0.2, 0.25) is 11.8 Å². The van der Waals surface area contributed by atoms with Gasteiger partial charge in [-0.3, -0.25) is 0 Å². The minimum absolute atomic E-state index is 0.455. The van der Waals surface area contributed by atoms with Crippen LogP contribution in [-0.4, -0.2) is 47.1 Å². The molecule has 0 aliphatic heterocycles. The molecule has 0 unspecified atom stereocenters. The smallest absolute Gasteiger partial charge is 0.230 e. The van der Waals surface area contributed by atoms with E-state index >= 15 is 0 Å². The van der Waals surface area contributed by atoms with Crippen LogP contribution < -0.4 is 14.8 Å². The van der Waals surface area contributed by atoms with Crippen LogP contribution in [0.5, 0.6) is 17.4 Å². The van der Waals surface area contributed by atoms with E-state index in [9.17, 15) is 0 Å². The summed E-state index contributed by atoms with van der Waals surface area (Å²) in [5.74, 6) is 2.45. The Kier molecular flexibility index (Phi) is 5.81. The van der Waals surface area contributed by atoms with E-state index in [1.54, 1.807) is 12.3 Å². The van der Waals surface area contributed by atoms with Crippen LogP contribution in [-0.2, 0) is 0 Å². The zero-order valence-corrected chi connectivity index (χ0v) is 17.3. The standard InChI is InChI=1S/C23H25N5O2/c1-16-13-17-14-20(7-8-21(17)25-16)30-22-9-10-24-23(27-22)26-18-5-4-6-19(15-18)29-12-11-28(2)3/h4-10,13-15,25H,11-12H2,1-3H3,(H,24,26,27). The van der Waals surface area contributed by atoms with Gasteiger partial charge in [-0.2, -0.15) is 4.98 Å². The first-order valence-electron chi connectivity index (χ1n) is 9.80. The van der Waals surface area contributed by atoms with Gasteiger partial charge in [-0.05, 0) is 57.4 Å². The molecule has 30 heavy (non-hydrogen) atoms. The van der Waals surface area contributed by atoms with Crippen LogP contribution in [0, 0.1) is 6.92 Å². The predicted octanol–water partition coefficient (Wildman–Crippen LogP) is 4.74. The second kappa shape index (κ2) is 8.84. The molecular formula is C23H25N5O2. The van der Waals surface area contributed by atoms with Gasteiger partial charge in [0.05, 0.1) is 0 Å². The molecule has 0 bridgehead atoms. The molecule has 4 aromatic rings. The molecule has 0 spiro atoms. The van der Waals surface area contributed by atoms with Crippen molar-refractivity contribution in [3.63, 3.8) is 0 Å². The number of aryl methyl sites for hydroxylation is 1. The Morgan fingerprint density at radius 3 is 2.80 bits per heavy atom. The van der Waals surface area contributed by atoms with Crippen molar-refractivity contribution >= 4 is 22.5 Å². The minimum atomic E-state index is 0.455. The summed E-state index contributed by atoms with van der Waals surface area (Å²) in [6, 6.07) is 17.5. The van der Waals surface area contributed by atoms with Gasteiger partial charge in [-0.15, -0.1) is 0 Å². The monoisotopic (exact) mass is 403 g/mol. The van der Waals surface area contributed by atoms with Crippen LogP contribution in [0.15, 0.2) is 60.8 Å². The summed E-state index contributed by atoms with van der Waals surface area (Å²) in [6.07, 6.45) is 1.67. The van der Waals surface area contributed by atoms with Gasteiger partial charge in [0.15, 0.2) is 0 Å². The first-order chi connectivity index (χ1) is 14.5. The fourth-order valence-electron chi connectivity index (χ4n) is 3.04. The Balaban J connectivity index is 1.44. The number of nitrogens with zero attached hydrogens (tertiary/aromatic N) is 3. The lowest BCUT2D eigenvalue weighted by Crippen LogP contribution is -2.19. The molecule has 0 saturated heterocycles. The lowest BCUT2D eigenvalue weighted by molar-refractivity contribution is 0.261. The molecule has 2 aromatic carbocycles. The largest absolute Gasteiger partial charge is 0.492 e. The van der Waals surface area contributed by atoms with Gasteiger partial charge in [0.25, 0.3) is 0 Å². The zero-order chi connectivity index (χ0) is 20.9. The molecule has 2 heterocycles. The molecule has 0 fully saturated rings. The predicted molar refractivity (Wildman–Crippen MR) is 119 cm³/mol. The molecule has 0 atom stereocenters. The van der Waals surface area contributed by atoms with Crippen LogP contribution in [0.2, 0.25) is 0 Å². The Hall–Kier alpha value is -3.58. The maximum Gasteiger partial charge on any atom is 0.230 e. The van der Waals surface area contributed by atoms with Crippen molar-refractivity contribution in [2.24, 2.45) is 0 Å². The molecule has 0 aliphatic rings. The summed E-state index contributed by atoms with van der Waals surface area (Å²) in [5, 5.41) is 4.31. The molecule has 0 radical (unpaired) electrons. The highest BCUT2D eigenvalue weighted by Gasteiger charge is 2.06. The van der Waals surface area contributed by atoms with Crippen LogP contribution in [0.25, 0.3) is 10.9 Å². The highest BCUT2D eigenvalue weighted by molar-refractivity contribution is 5.81. The lowest BCUT2D eigenvalue weighted by atomic mass is 10.2. The number of fused-ring (bicyclic) bond motifs is 1. The Morgan fingerprint density at radius 2 is 1.93 bits per heavy atom. The Morgan fingerprint density at radius 1 is 1.03 bits per heavy atom. The number of aromatic nitrogens is 3. The summed E-state index contributed by atoms with van der Waals surface area (Å²) < 4.78 is 11.7. The van der Waals surface area contributed by atoms with E-state index in [1.807, 2.05) is 63.5 Å². The van der Waals surface area contributed by atoms with E-state index in [0.29, 0.717) is 18.4 Å². The van der Waals surface area contributed by atoms with Crippen molar-refractivity contribution in [3.8, 4) is 17.4 Å². The number of benzene rings is 2. The maximum atomic E-state index is 5.94. The number of likely N-dealkylation sites (N-methyl/N-ethyl adjacent to an activating group) is 1. The number of nitrogens with one attached hydrogen (secondary N) is 2. The molecule has 2 aromatic heterocycles. The second-order valence-corrected chi connectivity index (χ2v) is 7.33. The molecule has 7 heteroatoms. The Labute approximate surface area is 175 Å². The fourth-order valence-corrected chi connectivity index (χ4v) is 3.04. The van der Waals surface area contributed by atoms with Crippen molar-refractivity contribution in [2.75, 3.05) is 32.6 Å². The highest BCUT2D eigenvalue weighted by Crippen LogP contribution is 2.26. The third-order valence-electron chi connectivity index (χ3n) is 4.48. The summed E-state index contributed by atoms with van der Waals surface area (Å²) in [6.45, 7) is 3.51. The third kappa shape index (κ3) is 5.07. The molecule has 0 amide bonds. The highest BCUT2D eigenvalue weighted by atomic mass is 16.5. The maximum absolute atomic E-state index is 5.94. The van der Waals surface area contributed by atoms with E-state index in [-0.39, 0.29) is 0 Å². The van der Waals surface area contributed by atoms with Crippen molar-refractivity contribution in [1.29, 1.82) is 0 Å². The summed E-state index contributed by atoms with van der Waals surface area (Å²) in [4.78, 5) is 14.1. The van der Waals surface area contributed by atoms with Gasteiger partial charge >= 0.3 is 0 Å². The van der Waals surface area contributed by atoms with Crippen molar-refractivity contribution in [3.05, 3.63) is 66.5 Å². The molecule has 154 valence electrons. The van der Waals surface area contributed by atoms with Crippen LogP contribution in [0.1, 0.15) is 5.69 Å². The SMILES string of the molecule is Cc1cc2cc(Oc3ccnc(Nc4cccc(OCCN(C)C)c4)n3)ccc2[nH]1. The number of anilines is 2. The molecule has 0 aliphatic carbocycles. The van der Waals surface area contributed by atoms with E-state index in [0.717, 1.165) is 40.3 Å². The normalized spacial score (nSPS) is 11.1. The van der Waals surface area contributed by atoms with Gasteiger partial charge in [-0.1, -0.05) is 6.07 Å². The van der Waals surface area contributed by atoms with Crippen LogP contribution in [0.3, 0.4) is 0 Å². The van der Waals surface area contributed by atoms with Gasteiger partial charge in [0, 0.05) is 47.2 Å². The van der Waals surface area contributed by atoms with Crippen molar-refractivity contribution in [1.82, 2.24) is 19.9 Å². The van der Waals surface area contributed by atoms with E-state index in [2.05, 4.69) is 31.2 Å². The average Bonchev–Trinajstić information content (AvgIpc) is 3.08.